The topological polar surface area (TPSA) is 102 Å². The number of aromatic nitrogens is 4. The Balaban J connectivity index is 1.18. The minimum atomic E-state index is -0.112. The number of hydrogen-bond donors (Lipinski definition) is 1. The predicted molar refractivity (Wildman–Crippen MR) is 145 cm³/mol. The molecule has 0 atom stereocenters. The first kappa shape index (κ1) is 24.1. The Morgan fingerprint density at radius 3 is 2.66 bits per heavy atom. The van der Waals surface area contributed by atoms with Crippen LogP contribution in [0.4, 0.5) is 5.82 Å². The lowest BCUT2D eigenvalue weighted by molar-refractivity contribution is 0.0629. The molecule has 4 aromatic rings. The van der Waals surface area contributed by atoms with Gasteiger partial charge in [0.2, 0.25) is 0 Å². The molecule has 1 aliphatic carbocycles. The normalized spacial score (nSPS) is 15.2. The molecule has 1 fully saturated rings. The maximum absolute atomic E-state index is 13.4. The van der Waals surface area contributed by atoms with E-state index in [9.17, 15) is 4.79 Å². The van der Waals surface area contributed by atoms with Crippen molar-refractivity contribution in [2.45, 2.75) is 26.3 Å². The standard InChI is InChI=1S/C29H31N7O2/c1-19-4-3-5-20(14-19)17-34-10-12-35(13-11-34)28(37)25-18-36(33-27(25)30)29-31-16-22-7-6-21-15-23(38-2)8-9-24(21)26(22)32-29/h3-5,8-9,14-16,18H,6-7,10-13,17H2,1-2H3,(H2,30,33). The number of nitrogens with zero attached hydrogens (tertiary/aromatic N) is 6. The van der Waals surface area contributed by atoms with Crippen molar-refractivity contribution >= 4 is 11.7 Å². The predicted octanol–water partition coefficient (Wildman–Crippen LogP) is 3.29. The highest BCUT2D eigenvalue weighted by atomic mass is 16.5. The lowest BCUT2D eigenvalue weighted by Crippen LogP contribution is -2.48. The van der Waals surface area contributed by atoms with Crippen LogP contribution in [0.2, 0.25) is 0 Å². The minimum Gasteiger partial charge on any atom is -0.497 e. The Morgan fingerprint density at radius 1 is 1.05 bits per heavy atom. The third-order valence-electron chi connectivity index (χ3n) is 7.41. The van der Waals surface area contributed by atoms with Crippen molar-refractivity contribution in [3.8, 4) is 23.0 Å². The Labute approximate surface area is 221 Å². The number of aryl methyl sites for hydroxylation is 3. The van der Waals surface area contributed by atoms with Crippen molar-refractivity contribution in [1.29, 1.82) is 0 Å². The average molecular weight is 510 g/mol. The molecule has 0 radical (unpaired) electrons. The third-order valence-corrected chi connectivity index (χ3v) is 7.41. The van der Waals surface area contributed by atoms with Crippen molar-refractivity contribution < 1.29 is 9.53 Å². The van der Waals surface area contributed by atoms with E-state index in [2.05, 4.69) is 52.2 Å². The van der Waals surface area contributed by atoms with Gasteiger partial charge in [0.25, 0.3) is 11.9 Å². The summed E-state index contributed by atoms with van der Waals surface area (Å²) in [4.78, 5) is 26.9. The maximum atomic E-state index is 13.4. The highest BCUT2D eigenvalue weighted by molar-refractivity contribution is 5.98. The Kier molecular flexibility index (Phi) is 6.29. The van der Waals surface area contributed by atoms with Gasteiger partial charge in [-0.25, -0.2) is 14.6 Å². The van der Waals surface area contributed by atoms with Crippen LogP contribution in [0.25, 0.3) is 17.2 Å². The van der Waals surface area contributed by atoms with E-state index in [1.807, 2.05) is 23.2 Å². The van der Waals surface area contributed by atoms with Gasteiger partial charge < -0.3 is 15.4 Å². The van der Waals surface area contributed by atoms with E-state index in [1.54, 1.807) is 13.3 Å². The summed E-state index contributed by atoms with van der Waals surface area (Å²) in [6.07, 6.45) is 5.26. The zero-order chi connectivity index (χ0) is 26.2. The van der Waals surface area contributed by atoms with Gasteiger partial charge in [-0.3, -0.25) is 9.69 Å². The molecule has 2 aromatic carbocycles. The van der Waals surface area contributed by atoms with Gasteiger partial charge in [-0.2, -0.15) is 0 Å². The molecule has 0 saturated carbocycles. The number of rotatable bonds is 5. The number of ether oxygens (including phenoxy) is 1. The molecule has 1 saturated heterocycles. The largest absolute Gasteiger partial charge is 0.497 e. The first-order chi connectivity index (χ1) is 18.5. The minimum absolute atomic E-state index is 0.112. The molecule has 3 heterocycles. The first-order valence-corrected chi connectivity index (χ1v) is 12.9. The average Bonchev–Trinajstić information content (AvgIpc) is 3.33. The van der Waals surface area contributed by atoms with E-state index >= 15 is 0 Å². The molecule has 0 spiro atoms. The van der Waals surface area contributed by atoms with Crippen molar-refractivity contribution in [2.24, 2.45) is 0 Å². The van der Waals surface area contributed by atoms with E-state index in [0.717, 1.165) is 55.0 Å². The number of carbonyl (C=O) groups is 1. The van der Waals surface area contributed by atoms with Gasteiger partial charge in [0.15, 0.2) is 5.82 Å². The van der Waals surface area contributed by atoms with Crippen LogP contribution in [0.1, 0.15) is 32.6 Å². The van der Waals surface area contributed by atoms with E-state index in [4.69, 9.17) is 15.5 Å². The quantitative estimate of drug-likeness (QED) is 0.440. The molecular weight excluding hydrogens is 478 g/mol. The third kappa shape index (κ3) is 4.61. The molecule has 2 aromatic heterocycles. The summed E-state index contributed by atoms with van der Waals surface area (Å²) in [6, 6.07) is 14.6. The Morgan fingerprint density at radius 2 is 1.87 bits per heavy atom. The second-order valence-electron chi connectivity index (χ2n) is 10.00. The molecule has 194 valence electrons. The maximum Gasteiger partial charge on any atom is 0.259 e. The zero-order valence-corrected chi connectivity index (χ0v) is 21.7. The number of carbonyl (C=O) groups excluding carboxylic acids is 1. The van der Waals surface area contributed by atoms with Crippen molar-refractivity contribution in [3.63, 3.8) is 0 Å². The van der Waals surface area contributed by atoms with Crippen LogP contribution in [0.15, 0.2) is 54.9 Å². The van der Waals surface area contributed by atoms with Crippen molar-refractivity contribution in [2.75, 3.05) is 39.0 Å². The number of hydrogen-bond acceptors (Lipinski definition) is 7. The van der Waals surface area contributed by atoms with Gasteiger partial charge in [0.05, 0.1) is 12.8 Å². The number of nitrogens with two attached hydrogens (primary N) is 1. The summed E-state index contributed by atoms with van der Waals surface area (Å²) in [5.41, 5.74) is 13.4. The van der Waals surface area contributed by atoms with Gasteiger partial charge in [0.1, 0.15) is 11.3 Å². The molecule has 6 rings (SSSR count). The summed E-state index contributed by atoms with van der Waals surface area (Å²) in [5.74, 6) is 1.30. The van der Waals surface area contributed by atoms with Gasteiger partial charge in [-0.05, 0) is 54.7 Å². The summed E-state index contributed by atoms with van der Waals surface area (Å²) in [6.45, 7) is 5.90. The number of anilines is 1. The van der Waals surface area contributed by atoms with E-state index in [-0.39, 0.29) is 11.7 Å². The van der Waals surface area contributed by atoms with Gasteiger partial charge in [-0.15, -0.1) is 5.10 Å². The van der Waals surface area contributed by atoms with Crippen molar-refractivity contribution in [1.82, 2.24) is 29.5 Å². The molecule has 1 amide bonds. The Bertz CT molecular complexity index is 1500. The van der Waals surface area contributed by atoms with Crippen LogP contribution in [0.5, 0.6) is 5.75 Å². The van der Waals surface area contributed by atoms with Gasteiger partial charge in [0, 0.05) is 50.7 Å². The van der Waals surface area contributed by atoms with E-state index < -0.39 is 0 Å². The fourth-order valence-corrected chi connectivity index (χ4v) is 5.33. The highest BCUT2D eigenvalue weighted by Crippen LogP contribution is 2.34. The lowest BCUT2D eigenvalue weighted by Gasteiger charge is -2.34. The van der Waals surface area contributed by atoms with Gasteiger partial charge in [-0.1, -0.05) is 29.8 Å². The van der Waals surface area contributed by atoms with Crippen LogP contribution < -0.4 is 10.5 Å². The second kappa shape index (κ2) is 9.90. The first-order valence-electron chi connectivity index (χ1n) is 12.9. The van der Waals surface area contributed by atoms with Crippen LogP contribution in [0.3, 0.4) is 0 Å². The monoisotopic (exact) mass is 509 g/mol. The van der Waals surface area contributed by atoms with E-state index in [0.29, 0.717) is 24.6 Å². The molecule has 38 heavy (non-hydrogen) atoms. The smallest absolute Gasteiger partial charge is 0.259 e. The van der Waals surface area contributed by atoms with Crippen LogP contribution >= 0.6 is 0 Å². The van der Waals surface area contributed by atoms with E-state index in [1.165, 1.54) is 21.4 Å². The second-order valence-corrected chi connectivity index (χ2v) is 10.00. The fraction of sp³-hybridized carbons (Fsp3) is 0.310. The zero-order valence-electron chi connectivity index (χ0n) is 21.7. The summed E-state index contributed by atoms with van der Waals surface area (Å²) in [7, 11) is 1.67. The number of methoxy groups -OCH3 is 1. The SMILES string of the molecule is COc1ccc2c(c1)CCc1cnc(-n3cc(C(=O)N4CCN(Cc5cccc(C)c5)CC4)c(N)n3)nc1-2. The number of nitrogen functional groups attached to an aromatic ring is 1. The summed E-state index contributed by atoms with van der Waals surface area (Å²) in [5, 5.41) is 4.40. The highest BCUT2D eigenvalue weighted by Gasteiger charge is 2.26. The number of benzene rings is 2. The Hall–Kier alpha value is -4.24. The molecule has 2 N–H and O–H groups in total. The number of piperazine rings is 1. The molecular formula is C29H31N7O2. The fourth-order valence-electron chi connectivity index (χ4n) is 5.33. The summed E-state index contributed by atoms with van der Waals surface area (Å²) < 4.78 is 6.90. The summed E-state index contributed by atoms with van der Waals surface area (Å²) >= 11 is 0. The molecule has 1 aliphatic heterocycles. The van der Waals surface area contributed by atoms with Crippen LogP contribution in [-0.4, -0.2) is 68.7 Å². The van der Waals surface area contributed by atoms with Gasteiger partial charge >= 0.3 is 0 Å². The molecule has 0 bridgehead atoms. The van der Waals surface area contributed by atoms with Crippen LogP contribution in [-0.2, 0) is 19.4 Å². The molecule has 2 aliphatic rings. The molecule has 9 heteroatoms. The van der Waals surface area contributed by atoms with Crippen molar-refractivity contribution in [3.05, 3.63) is 82.7 Å². The number of fused-ring (bicyclic) bond motifs is 3. The number of amides is 1. The lowest BCUT2D eigenvalue weighted by atomic mass is 9.90. The van der Waals surface area contributed by atoms with Crippen LogP contribution in [0, 0.1) is 6.92 Å². The molecule has 0 unspecified atom stereocenters. The molecule has 9 nitrogen and oxygen atoms in total.